The van der Waals surface area contributed by atoms with Crippen molar-refractivity contribution < 1.29 is 4.74 Å². The molecule has 17 heavy (non-hydrogen) atoms. The quantitative estimate of drug-likeness (QED) is 0.837. The average Bonchev–Trinajstić information content (AvgIpc) is 2.89. The van der Waals surface area contributed by atoms with Gasteiger partial charge in [0, 0.05) is 20.3 Å². The Morgan fingerprint density at radius 1 is 1.41 bits per heavy atom. The lowest BCUT2D eigenvalue weighted by molar-refractivity contribution is 0.402. The third-order valence-corrected chi connectivity index (χ3v) is 2.76. The van der Waals surface area contributed by atoms with Crippen molar-refractivity contribution in [1.29, 1.82) is 0 Å². The summed E-state index contributed by atoms with van der Waals surface area (Å²) in [6.45, 7) is 0. The van der Waals surface area contributed by atoms with Crippen molar-refractivity contribution in [3.63, 3.8) is 0 Å². The zero-order valence-corrected chi connectivity index (χ0v) is 10.5. The van der Waals surface area contributed by atoms with Crippen LogP contribution in [0.4, 0.5) is 0 Å². The topological polar surface area (TPSA) is 56.9 Å². The first-order chi connectivity index (χ1) is 8.17. The molecule has 0 aromatic carbocycles. The Balaban J connectivity index is 2.44. The zero-order chi connectivity index (χ0) is 12.4. The van der Waals surface area contributed by atoms with E-state index in [1.807, 2.05) is 33.4 Å². The molecule has 0 saturated carbocycles. The highest BCUT2D eigenvalue weighted by Gasteiger charge is 2.22. The molecular formula is C11H17N5O. The standard InChI is InChI=1S/C11H17N5O/c1-12-10(8-5-6-15(2)14-8)11-9(17-4)7-13-16(11)3/h5-7,10,12H,1-4H3. The van der Waals surface area contributed by atoms with Crippen molar-refractivity contribution in [3.8, 4) is 5.75 Å². The van der Waals surface area contributed by atoms with E-state index < -0.39 is 0 Å². The number of rotatable bonds is 4. The average molecular weight is 235 g/mol. The maximum Gasteiger partial charge on any atom is 0.161 e. The molecule has 0 spiro atoms. The van der Waals surface area contributed by atoms with Crippen LogP contribution in [0.1, 0.15) is 17.4 Å². The molecule has 0 aliphatic carbocycles. The summed E-state index contributed by atoms with van der Waals surface area (Å²) in [5, 5.41) is 11.9. The van der Waals surface area contributed by atoms with E-state index in [0.717, 1.165) is 17.1 Å². The van der Waals surface area contributed by atoms with Crippen molar-refractivity contribution in [3.05, 3.63) is 29.8 Å². The highest BCUT2D eigenvalue weighted by atomic mass is 16.5. The Bertz CT molecular complexity index is 502. The summed E-state index contributed by atoms with van der Waals surface area (Å²) in [6.07, 6.45) is 3.63. The van der Waals surface area contributed by atoms with Gasteiger partial charge < -0.3 is 10.1 Å². The van der Waals surface area contributed by atoms with Crippen LogP contribution in [0.2, 0.25) is 0 Å². The molecule has 6 heteroatoms. The van der Waals surface area contributed by atoms with Crippen LogP contribution in [-0.4, -0.2) is 33.7 Å². The molecule has 0 fully saturated rings. The normalized spacial score (nSPS) is 12.7. The monoisotopic (exact) mass is 235 g/mol. The smallest absolute Gasteiger partial charge is 0.161 e. The number of methoxy groups -OCH3 is 1. The molecule has 1 unspecified atom stereocenters. The van der Waals surface area contributed by atoms with Gasteiger partial charge in [-0.25, -0.2) is 0 Å². The van der Waals surface area contributed by atoms with E-state index in [-0.39, 0.29) is 6.04 Å². The van der Waals surface area contributed by atoms with Crippen LogP contribution in [0.3, 0.4) is 0 Å². The van der Waals surface area contributed by atoms with Crippen molar-refractivity contribution in [1.82, 2.24) is 24.9 Å². The molecule has 2 heterocycles. The molecule has 2 aromatic rings. The van der Waals surface area contributed by atoms with Gasteiger partial charge in [0.05, 0.1) is 25.0 Å². The van der Waals surface area contributed by atoms with Crippen molar-refractivity contribution in [2.45, 2.75) is 6.04 Å². The number of nitrogens with one attached hydrogen (secondary N) is 1. The predicted octanol–water partition coefficient (Wildman–Crippen LogP) is 0.471. The number of aromatic nitrogens is 4. The fraction of sp³-hybridized carbons (Fsp3) is 0.455. The summed E-state index contributed by atoms with van der Waals surface area (Å²) < 4.78 is 8.90. The Morgan fingerprint density at radius 2 is 2.18 bits per heavy atom. The van der Waals surface area contributed by atoms with Gasteiger partial charge in [0.15, 0.2) is 5.75 Å². The number of hydrogen-bond donors (Lipinski definition) is 1. The van der Waals surface area contributed by atoms with Gasteiger partial charge in [-0.15, -0.1) is 0 Å². The van der Waals surface area contributed by atoms with Crippen molar-refractivity contribution >= 4 is 0 Å². The first-order valence-electron chi connectivity index (χ1n) is 5.40. The second-order valence-corrected chi connectivity index (χ2v) is 3.86. The SMILES string of the molecule is CNC(c1ccn(C)n1)c1c(OC)cnn1C. The molecular weight excluding hydrogens is 218 g/mol. The highest BCUT2D eigenvalue weighted by Crippen LogP contribution is 2.27. The van der Waals surface area contributed by atoms with E-state index in [2.05, 4.69) is 15.5 Å². The third kappa shape index (κ3) is 2.03. The predicted molar refractivity (Wildman–Crippen MR) is 63.9 cm³/mol. The van der Waals surface area contributed by atoms with E-state index in [0.29, 0.717) is 0 Å². The lowest BCUT2D eigenvalue weighted by Crippen LogP contribution is -2.22. The van der Waals surface area contributed by atoms with Crippen LogP contribution < -0.4 is 10.1 Å². The number of aryl methyl sites for hydroxylation is 2. The fourth-order valence-corrected chi connectivity index (χ4v) is 1.92. The van der Waals surface area contributed by atoms with E-state index in [9.17, 15) is 0 Å². The molecule has 2 aromatic heterocycles. The molecule has 0 aliphatic heterocycles. The van der Waals surface area contributed by atoms with Gasteiger partial charge in [0.25, 0.3) is 0 Å². The van der Waals surface area contributed by atoms with Crippen LogP contribution in [0.5, 0.6) is 5.75 Å². The largest absolute Gasteiger partial charge is 0.493 e. The Morgan fingerprint density at radius 3 is 2.71 bits per heavy atom. The second kappa shape index (κ2) is 4.58. The summed E-state index contributed by atoms with van der Waals surface area (Å²) in [6, 6.07) is 1.95. The lowest BCUT2D eigenvalue weighted by Gasteiger charge is -2.15. The molecule has 0 saturated heterocycles. The highest BCUT2D eigenvalue weighted by molar-refractivity contribution is 5.33. The van der Waals surface area contributed by atoms with E-state index in [1.54, 1.807) is 22.7 Å². The van der Waals surface area contributed by atoms with Crippen LogP contribution in [0.15, 0.2) is 18.5 Å². The molecule has 1 N–H and O–H groups in total. The van der Waals surface area contributed by atoms with Gasteiger partial charge in [0.1, 0.15) is 5.69 Å². The summed E-state index contributed by atoms with van der Waals surface area (Å²) in [4.78, 5) is 0. The van der Waals surface area contributed by atoms with E-state index in [4.69, 9.17) is 4.74 Å². The fourth-order valence-electron chi connectivity index (χ4n) is 1.92. The minimum Gasteiger partial charge on any atom is -0.493 e. The lowest BCUT2D eigenvalue weighted by atomic mass is 10.1. The minimum absolute atomic E-state index is 0.0290. The van der Waals surface area contributed by atoms with Gasteiger partial charge in [-0.2, -0.15) is 10.2 Å². The summed E-state index contributed by atoms with van der Waals surface area (Å²) in [7, 11) is 7.33. The third-order valence-electron chi connectivity index (χ3n) is 2.76. The summed E-state index contributed by atoms with van der Waals surface area (Å²) in [5.74, 6) is 0.762. The maximum atomic E-state index is 5.32. The first kappa shape index (κ1) is 11.7. The molecule has 1 atom stereocenters. The van der Waals surface area contributed by atoms with E-state index >= 15 is 0 Å². The Hall–Kier alpha value is -1.82. The summed E-state index contributed by atoms with van der Waals surface area (Å²) >= 11 is 0. The van der Waals surface area contributed by atoms with Crippen LogP contribution in [-0.2, 0) is 14.1 Å². The molecule has 0 aliphatic rings. The van der Waals surface area contributed by atoms with Crippen LogP contribution in [0.25, 0.3) is 0 Å². The number of nitrogens with zero attached hydrogens (tertiary/aromatic N) is 4. The Labute approximate surface area is 100 Å². The van der Waals surface area contributed by atoms with Gasteiger partial charge in [-0.3, -0.25) is 9.36 Å². The molecule has 0 bridgehead atoms. The molecule has 92 valence electrons. The zero-order valence-electron chi connectivity index (χ0n) is 10.5. The second-order valence-electron chi connectivity index (χ2n) is 3.86. The van der Waals surface area contributed by atoms with Crippen molar-refractivity contribution in [2.24, 2.45) is 14.1 Å². The minimum atomic E-state index is -0.0290. The first-order valence-corrected chi connectivity index (χ1v) is 5.40. The van der Waals surface area contributed by atoms with Crippen LogP contribution in [0, 0.1) is 0 Å². The summed E-state index contributed by atoms with van der Waals surface area (Å²) in [5.41, 5.74) is 1.91. The van der Waals surface area contributed by atoms with E-state index in [1.165, 1.54) is 0 Å². The van der Waals surface area contributed by atoms with Gasteiger partial charge in [0.2, 0.25) is 0 Å². The van der Waals surface area contributed by atoms with Gasteiger partial charge in [-0.1, -0.05) is 0 Å². The van der Waals surface area contributed by atoms with Crippen molar-refractivity contribution in [2.75, 3.05) is 14.2 Å². The molecule has 0 radical (unpaired) electrons. The Kier molecular flexibility index (Phi) is 3.14. The number of ether oxygens (including phenoxy) is 1. The molecule has 6 nitrogen and oxygen atoms in total. The number of hydrogen-bond acceptors (Lipinski definition) is 4. The van der Waals surface area contributed by atoms with Gasteiger partial charge in [-0.05, 0) is 13.1 Å². The van der Waals surface area contributed by atoms with Gasteiger partial charge >= 0.3 is 0 Å². The maximum absolute atomic E-state index is 5.32. The van der Waals surface area contributed by atoms with Crippen LogP contribution >= 0.6 is 0 Å². The molecule has 0 amide bonds. The molecule has 2 rings (SSSR count).